The number of carboxylic acid groups (broad SMARTS) is 1. The Labute approximate surface area is 160 Å². The van der Waals surface area contributed by atoms with Crippen LogP contribution in [0.2, 0.25) is 0 Å². The van der Waals surface area contributed by atoms with Gasteiger partial charge in [0.25, 0.3) is 0 Å². The molecule has 0 heterocycles. The lowest BCUT2D eigenvalue weighted by Crippen LogP contribution is -2.37. The molecule has 0 fully saturated rings. The van der Waals surface area contributed by atoms with Crippen molar-refractivity contribution in [3.05, 3.63) is 65.7 Å². The van der Waals surface area contributed by atoms with Crippen molar-refractivity contribution < 1.29 is 32.6 Å². The van der Waals surface area contributed by atoms with Gasteiger partial charge in [-0.1, -0.05) is 42.5 Å². The van der Waals surface area contributed by atoms with E-state index in [2.05, 4.69) is 10.1 Å². The number of amides is 1. The van der Waals surface area contributed by atoms with Gasteiger partial charge >= 0.3 is 12.3 Å². The van der Waals surface area contributed by atoms with E-state index in [0.717, 1.165) is 17.7 Å². The molecule has 0 radical (unpaired) electrons. The summed E-state index contributed by atoms with van der Waals surface area (Å²) < 4.78 is 40.3. The molecule has 150 valence electrons. The van der Waals surface area contributed by atoms with Crippen molar-refractivity contribution in [1.82, 2.24) is 5.32 Å². The lowest BCUT2D eigenvalue weighted by atomic mass is 10.0. The van der Waals surface area contributed by atoms with E-state index in [4.69, 9.17) is 5.11 Å². The molecule has 1 atom stereocenters. The van der Waals surface area contributed by atoms with Crippen LogP contribution in [0.5, 0.6) is 5.75 Å². The normalized spacial score (nSPS) is 12.2. The molecule has 2 aromatic carbocycles. The number of ether oxygens (including phenoxy) is 1. The molecule has 0 bridgehead atoms. The van der Waals surface area contributed by atoms with Crippen molar-refractivity contribution >= 4 is 11.9 Å². The largest absolute Gasteiger partial charge is 0.573 e. The highest BCUT2D eigenvalue weighted by Gasteiger charge is 2.31. The van der Waals surface area contributed by atoms with Gasteiger partial charge in [-0.25, -0.2) is 0 Å². The molecule has 0 aliphatic rings. The van der Waals surface area contributed by atoms with Crippen molar-refractivity contribution in [2.75, 3.05) is 0 Å². The Bertz CT molecular complexity index is 776. The van der Waals surface area contributed by atoms with E-state index >= 15 is 0 Å². The molecule has 2 N–H and O–H groups in total. The molecule has 1 unspecified atom stereocenters. The first-order valence-electron chi connectivity index (χ1n) is 8.61. The fourth-order valence-corrected chi connectivity index (χ4v) is 2.69. The molecular formula is C20H20F3NO4. The van der Waals surface area contributed by atoms with E-state index in [1.54, 1.807) is 0 Å². The van der Waals surface area contributed by atoms with Gasteiger partial charge < -0.3 is 15.2 Å². The van der Waals surface area contributed by atoms with Crippen LogP contribution in [0, 0.1) is 0 Å². The highest BCUT2D eigenvalue weighted by atomic mass is 19.4. The first kappa shape index (κ1) is 21.3. The van der Waals surface area contributed by atoms with Crippen molar-refractivity contribution in [3.63, 3.8) is 0 Å². The van der Waals surface area contributed by atoms with Crippen LogP contribution in [0.1, 0.15) is 24.0 Å². The average molecular weight is 395 g/mol. The second-order valence-corrected chi connectivity index (χ2v) is 6.26. The summed E-state index contributed by atoms with van der Waals surface area (Å²) in [5.74, 6) is -1.65. The second-order valence-electron chi connectivity index (χ2n) is 6.26. The minimum atomic E-state index is -4.77. The Kier molecular flexibility index (Phi) is 7.43. The first-order chi connectivity index (χ1) is 13.2. The van der Waals surface area contributed by atoms with E-state index in [-0.39, 0.29) is 37.0 Å². The third kappa shape index (κ3) is 8.11. The molecule has 0 aliphatic carbocycles. The summed E-state index contributed by atoms with van der Waals surface area (Å²) in [6.45, 7) is 0. The number of hydrogen-bond acceptors (Lipinski definition) is 3. The third-order valence-corrected chi connectivity index (χ3v) is 3.92. The number of halogens is 3. The molecule has 0 saturated carbocycles. The van der Waals surface area contributed by atoms with Crippen LogP contribution >= 0.6 is 0 Å². The molecule has 0 spiro atoms. The van der Waals surface area contributed by atoms with Crippen molar-refractivity contribution in [2.45, 2.75) is 38.1 Å². The second kappa shape index (κ2) is 9.77. The molecule has 28 heavy (non-hydrogen) atoms. The summed E-state index contributed by atoms with van der Waals surface area (Å²) in [5.41, 5.74) is 1.48. The van der Waals surface area contributed by atoms with E-state index in [1.165, 1.54) is 12.1 Å². The van der Waals surface area contributed by atoms with Crippen molar-refractivity contribution in [2.24, 2.45) is 0 Å². The quantitative estimate of drug-likeness (QED) is 0.679. The zero-order valence-corrected chi connectivity index (χ0v) is 14.9. The minimum Gasteiger partial charge on any atom is -0.481 e. The molecule has 2 rings (SSSR count). The van der Waals surface area contributed by atoms with Gasteiger partial charge in [-0.15, -0.1) is 13.2 Å². The van der Waals surface area contributed by atoms with Gasteiger partial charge in [-0.05, 0) is 36.1 Å². The Morgan fingerprint density at radius 2 is 1.64 bits per heavy atom. The molecule has 2 aromatic rings. The SMILES string of the molecule is O=C(O)CCC(Cc1ccccc1)NC(=O)Cc1ccc(OC(F)(F)F)cc1. The molecule has 0 aliphatic heterocycles. The van der Waals surface area contributed by atoms with E-state index in [9.17, 15) is 22.8 Å². The Morgan fingerprint density at radius 1 is 1.00 bits per heavy atom. The number of nitrogens with one attached hydrogen (secondary N) is 1. The summed E-state index contributed by atoms with van der Waals surface area (Å²) in [6, 6.07) is 14.0. The number of aliphatic carboxylic acids is 1. The molecule has 0 saturated heterocycles. The number of carboxylic acids is 1. The van der Waals surface area contributed by atoms with E-state index in [1.807, 2.05) is 30.3 Å². The summed E-state index contributed by atoms with van der Waals surface area (Å²) in [6.07, 6.45) is -4.13. The van der Waals surface area contributed by atoms with Crippen molar-refractivity contribution in [1.29, 1.82) is 0 Å². The summed E-state index contributed by atoms with van der Waals surface area (Å²) in [4.78, 5) is 23.2. The predicted octanol–water partition coefficient (Wildman–Crippen LogP) is 3.72. The standard InChI is InChI=1S/C20H20F3NO4/c21-20(22,23)28-17-9-6-15(7-10-17)13-18(25)24-16(8-11-19(26)27)12-14-4-2-1-3-5-14/h1-7,9-10,16H,8,11-13H2,(H,24,25)(H,26,27). The number of rotatable bonds is 9. The Hall–Kier alpha value is -3.03. The monoisotopic (exact) mass is 395 g/mol. The number of carbonyl (C=O) groups excluding carboxylic acids is 1. The Balaban J connectivity index is 1.95. The minimum absolute atomic E-state index is 0.0370. The Morgan fingerprint density at radius 3 is 2.21 bits per heavy atom. The van der Waals surface area contributed by atoms with Gasteiger partial charge in [0.05, 0.1) is 6.42 Å². The number of alkyl halides is 3. The maximum Gasteiger partial charge on any atom is 0.573 e. The molecule has 1 amide bonds. The van der Waals surface area contributed by atoms with E-state index < -0.39 is 12.3 Å². The lowest BCUT2D eigenvalue weighted by molar-refractivity contribution is -0.274. The van der Waals surface area contributed by atoms with E-state index in [0.29, 0.717) is 12.0 Å². The third-order valence-electron chi connectivity index (χ3n) is 3.92. The maximum atomic E-state index is 12.3. The van der Waals surface area contributed by atoms with Gasteiger partial charge in [-0.2, -0.15) is 0 Å². The van der Waals surface area contributed by atoms with Gasteiger partial charge in [0.2, 0.25) is 5.91 Å². The van der Waals surface area contributed by atoms with Crippen LogP contribution in [0.4, 0.5) is 13.2 Å². The predicted molar refractivity (Wildman–Crippen MR) is 95.8 cm³/mol. The van der Waals surface area contributed by atoms with Crippen LogP contribution in [-0.4, -0.2) is 29.4 Å². The molecule has 0 aromatic heterocycles. The van der Waals surface area contributed by atoms with Gasteiger partial charge in [0.1, 0.15) is 5.75 Å². The maximum absolute atomic E-state index is 12.3. The van der Waals surface area contributed by atoms with Crippen LogP contribution in [0.25, 0.3) is 0 Å². The van der Waals surface area contributed by atoms with Crippen LogP contribution in [-0.2, 0) is 22.4 Å². The fourth-order valence-electron chi connectivity index (χ4n) is 2.69. The van der Waals surface area contributed by atoms with Crippen LogP contribution in [0.3, 0.4) is 0 Å². The van der Waals surface area contributed by atoms with Gasteiger partial charge in [-0.3, -0.25) is 9.59 Å². The number of hydrogen-bond donors (Lipinski definition) is 2. The molecule has 8 heteroatoms. The summed E-state index contributed by atoms with van der Waals surface area (Å²) >= 11 is 0. The van der Waals surface area contributed by atoms with Crippen LogP contribution in [0.15, 0.2) is 54.6 Å². The number of carbonyl (C=O) groups is 2. The summed E-state index contributed by atoms with van der Waals surface area (Å²) in [7, 11) is 0. The molecule has 5 nitrogen and oxygen atoms in total. The van der Waals surface area contributed by atoms with Crippen molar-refractivity contribution in [3.8, 4) is 5.75 Å². The lowest BCUT2D eigenvalue weighted by Gasteiger charge is -2.18. The number of benzene rings is 2. The fraction of sp³-hybridized carbons (Fsp3) is 0.300. The highest BCUT2D eigenvalue weighted by Crippen LogP contribution is 2.22. The molecular weight excluding hydrogens is 375 g/mol. The smallest absolute Gasteiger partial charge is 0.481 e. The first-order valence-corrected chi connectivity index (χ1v) is 8.61. The zero-order chi connectivity index (χ0) is 20.6. The van der Waals surface area contributed by atoms with Crippen LogP contribution < -0.4 is 10.1 Å². The zero-order valence-electron chi connectivity index (χ0n) is 14.9. The highest BCUT2D eigenvalue weighted by molar-refractivity contribution is 5.79. The van der Waals surface area contributed by atoms with Gasteiger partial charge in [0, 0.05) is 12.5 Å². The topological polar surface area (TPSA) is 75.6 Å². The summed E-state index contributed by atoms with van der Waals surface area (Å²) in [5, 5.41) is 11.7. The average Bonchev–Trinajstić information content (AvgIpc) is 2.61. The van der Waals surface area contributed by atoms with Gasteiger partial charge in [0.15, 0.2) is 0 Å².